The van der Waals surface area contributed by atoms with Crippen molar-refractivity contribution in [3.05, 3.63) is 53.4 Å². The van der Waals surface area contributed by atoms with Crippen LogP contribution in [0.3, 0.4) is 0 Å². The van der Waals surface area contributed by atoms with Gasteiger partial charge in [0.25, 0.3) is 0 Å². The molecule has 0 aliphatic heterocycles. The van der Waals surface area contributed by atoms with Crippen LogP contribution < -0.4 is 0 Å². The van der Waals surface area contributed by atoms with E-state index < -0.39 is 5.97 Å². The zero-order valence-corrected chi connectivity index (χ0v) is 9.28. The van der Waals surface area contributed by atoms with Gasteiger partial charge in [-0.15, -0.1) is 11.3 Å². The smallest absolute Gasteiger partial charge is 0.328 e. The molecule has 80 valence electrons. The minimum atomic E-state index is -0.928. The fourth-order valence-corrected chi connectivity index (χ4v) is 2.10. The van der Waals surface area contributed by atoms with E-state index in [2.05, 4.69) is 6.07 Å². The van der Waals surface area contributed by atoms with Crippen molar-refractivity contribution in [3.63, 3.8) is 0 Å². The topological polar surface area (TPSA) is 37.3 Å². The summed E-state index contributed by atoms with van der Waals surface area (Å²) in [6, 6.07) is 11.9. The molecule has 3 heteroatoms. The predicted molar refractivity (Wildman–Crippen MR) is 66.4 cm³/mol. The van der Waals surface area contributed by atoms with Crippen molar-refractivity contribution >= 4 is 23.4 Å². The number of aliphatic carboxylic acids is 1. The number of hydrogen-bond donors (Lipinski definition) is 1. The molecule has 0 radical (unpaired) electrons. The molecule has 1 N–H and O–H groups in total. The van der Waals surface area contributed by atoms with Crippen LogP contribution in [0.25, 0.3) is 16.5 Å². The second-order valence-electron chi connectivity index (χ2n) is 3.27. The van der Waals surface area contributed by atoms with Crippen LogP contribution in [0.4, 0.5) is 0 Å². The van der Waals surface area contributed by atoms with Gasteiger partial charge >= 0.3 is 5.97 Å². The van der Waals surface area contributed by atoms with E-state index in [-0.39, 0.29) is 0 Å². The summed E-state index contributed by atoms with van der Waals surface area (Å²) in [6.07, 6.45) is 2.72. The van der Waals surface area contributed by atoms with Crippen molar-refractivity contribution < 1.29 is 9.90 Å². The van der Waals surface area contributed by atoms with Gasteiger partial charge in [-0.05, 0) is 28.6 Å². The van der Waals surface area contributed by atoms with Crippen LogP contribution in [0, 0.1) is 0 Å². The first-order chi connectivity index (χ1) is 7.75. The molecule has 0 saturated heterocycles. The van der Waals surface area contributed by atoms with Crippen LogP contribution >= 0.6 is 11.3 Å². The molecule has 2 rings (SSSR count). The fourth-order valence-electron chi connectivity index (χ4n) is 1.37. The van der Waals surface area contributed by atoms with Gasteiger partial charge in [0.05, 0.1) is 0 Å². The van der Waals surface area contributed by atoms with E-state index >= 15 is 0 Å². The standard InChI is InChI=1S/C13H10O2S/c14-13(15)8-5-10-3-6-11(7-4-10)12-2-1-9-16-12/h1-9H,(H,14,15)/b8-5+. The van der Waals surface area contributed by atoms with Gasteiger partial charge in [-0.3, -0.25) is 0 Å². The highest BCUT2D eigenvalue weighted by atomic mass is 32.1. The Bertz CT molecular complexity index is 495. The average Bonchev–Trinajstić information content (AvgIpc) is 2.80. The molecule has 1 heterocycles. The lowest BCUT2D eigenvalue weighted by Gasteiger charge is -1.97. The van der Waals surface area contributed by atoms with Crippen molar-refractivity contribution in [1.82, 2.24) is 0 Å². The highest BCUT2D eigenvalue weighted by Gasteiger charge is 1.97. The van der Waals surface area contributed by atoms with Crippen molar-refractivity contribution in [1.29, 1.82) is 0 Å². The third kappa shape index (κ3) is 2.58. The average molecular weight is 230 g/mol. The molecule has 0 atom stereocenters. The molecule has 0 aliphatic rings. The summed E-state index contributed by atoms with van der Waals surface area (Å²) in [4.78, 5) is 11.6. The van der Waals surface area contributed by atoms with Crippen LogP contribution in [-0.4, -0.2) is 11.1 Å². The second kappa shape index (κ2) is 4.77. The first-order valence-corrected chi connectivity index (χ1v) is 5.68. The quantitative estimate of drug-likeness (QED) is 0.819. The number of rotatable bonds is 3. The van der Waals surface area contributed by atoms with Gasteiger partial charge in [-0.2, -0.15) is 0 Å². The van der Waals surface area contributed by atoms with E-state index in [0.717, 1.165) is 17.2 Å². The van der Waals surface area contributed by atoms with Crippen molar-refractivity contribution in [2.75, 3.05) is 0 Å². The van der Waals surface area contributed by atoms with Gasteiger partial charge in [0.15, 0.2) is 0 Å². The zero-order valence-electron chi connectivity index (χ0n) is 8.46. The Morgan fingerprint density at radius 2 is 1.94 bits per heavy atom. The first kappa shape index (κ1) is 10.6. The molecule has 1 aromatic carbocycles. The number of carboxylic acids is 1. The van der Waals surface area contributed by atoms with Crippen LogP contribution in [0.15, 0.2) is 47.9 Å². The molecule has 0 unspecified atom stereocenters. The summed E-state index contributed by atoms with van der Waals surface area (Å²) in [5, 5.41) is 10.5. The molecule has 0 amide bonds. The summed E-state index contributed by atoms with van der Waals surface area (Å²) in [5.41, 5.74) is 2.05. The lowest BCUT2D eigenvalue weighted by atomic mass is 10.1. The maximum absolute atomic E-state index is 10.3. The Hall–Kier alpha value is -1.87. The van der Waals surface area contributed by atoms with Gasteiger partial charge in [-0.25, -0.2) is 4.79 Å². The van der Waals surface area contributed by atoms with Gasteiger partial charge < -0.3 is 5.11 Å². The zero-order chi connectivity index (χ0) is 11.4. The van der Waals surface area contributed by atoms with E-state index in [1.54, 1.807) is 17.4 Å². The van der Waals surface area contributed by atoms with Gasteiger partial charge in [0, 0.05) is 11.0 Å². The van der Waals surface area contributed by atoms with E-state index in [1.807, 2.05) is 35.7 Å². The summed E-state index contributed by atoms with van der Waals surface area (Å²) >= 11 is 1.69. The number of carbonyl (C=O) groups is 1. The number of thiophene rings is 1. The van der Waals surface area contributed by atoms with Crippen LogP contribution in [0.1, 0.15) is 5.56 Å². The lowest BCUT2D eigenvalue weighted by molar-refractivity contribution is -0.131. The molecular weight excluding hydrogens is 220 g/mol. The molecule has 2 nitrogen and oxygen atoms in total. The van der Waals surface area contributed by atoms with E-state index in [1.165, 1.54) is 4.88 Å². The Kier molecular flexibility index (Phi) is 3.17. The SMILES string of the molecule is O=C(O)/C=C/c1ccc(-c2cccs2)cc1. The van der Waals surface area contributed by atoms with E-state index in [4.69, 9.17) is 5.11 Å². The molecule has 16 heavy (non-hydrogen) atoms. The molecule has 0 bridgehead atoms. The second-order valence-corrected chi connectivity index (χ2v) is 4.22. The Morgan fingerprint density at radius 3 is 2.50 bits per heavy atom. The Balaban J connectivity index is 2.20. The number of benzene rings is 1. The minimum absolute atomic E-state index is 0.891. The first-order valence-electron chi connectivity index (χ1n) is 4.80. The number of carboxylic acid groups (broad SMARTS) is 1. The molecule has 0 aliphatic carbocycles. The van der Waals surface area contributed by atoms with Crippen molar-refractivity contribution in [2.45, 2.75) is 0 Å². The minimum Gasteiger partial charge on any atom is -0.478 e. The third-order valence-electron chi connectivity index (χ3n) is 2.13. The molecule has 0 fully saturated rings. The fraction of sp³-hybridized carbons (Fsp3) is 0. The van der Waals surface area contributed by atoms with E-state index in [0.29, 0.717) is 0 Å². The molecule has 2 aromatic rings. The van der Waals surface area contributed by atoms with E-state index in [9.17, 15) is 4.79 Å². The van der Waals surface area contributed by atoms with Gasteiger partial charge in [0.2, 0.25) is 0 Å². The Morgan fingerprint density at radius 1 is 1.19 bits per heavy atom. The normalized spacial score (nSPS) is 10.8. The number of hydrogen-bond acceptors (Lipinski definition) is 2. The monoisotopic (exact) mass is 230 g/mol. The van der Waals surface area contributed by atoms with Crippen molar-refractivity contribution in [2.24, 2.45) is 0 Å². The van der Waals surface area contributed by atoms with Gasteiger partial charge in [0.1, 0.15) is 0 Å². The molecular formula is C13H10O2S. The van der Waals surface area contributed by atoms with Crippen LogP contribution in [-0.2, 0) is 4.79 Å². The van der Waals surface area contributed by atoms with Crippen LogP contribution in [0.2, 0.25) is 0 Å². The predicted octanol–water partition coefficient (Wildman–Crippen LogP) is 3.51. The molecule has 0 saturated carbocycles. The summed E-state index contributed by atoms with van der Waals surface area (Å²) < 4.78 is 0. The summed E-state index contributed by atoms with van der Waals surface area (Å²) in [5.74, 6) is -0.928. The maximum Gasteiger partial charge on any atom is 0.328 e. The summed E-state index contributed by atoms with van der Waals surface area (Å²) in [6.45, 7) is 0. The molecule has 0 spiro atoms. The highest BCUT2D eigenvalue weighted by molar-refractivity contribution is 7.13. The maximum atomic E-state index is 10.3. The largest absolute Gasteiger partial charge is 0.478 e. The third-order valence-corrected chi connectivity index (χ3v) is 3.05. The highest BCUT2D eigenvalue weighted by Crippen LogP contribution is 2.24. The van der Waals surface area contributed by atoms with Crippen molar-refractivity contribution in [3.8, 4) is 10.4 Å². The van der Waals surface area contributed by atoms with Crippen LogP contribution in [0.5, 0.6) is 0 Å². The molecule has 1 aromatic heterocycles. The Labute approximate surface area is 97.5 Å². The summed E-state index contributed by atoms with van der Waals surface area (Å²) in [7, 11) is 0. The van der Waals surface area contributed by atoms with Gasteiger partial charge in [-0.1, -0.05) is 30.3 Å². The lowest BCUT2D eigenvalue weighted by Crippen LogP contribution is -1.85.